The summed E-state index contributed by atoms with van der Waals surface area (Å²) >= 11 is 0. The Morgan fingerprint density at radius 2 is 1.79 bits per heavy atom. The molecule has 14 heavy (non-hydrogen) atoms. The van der Waals surface area contributed by atoms with E-state index in [2.05, 4.69) is 5.32 Å². The van der Waals surface area contributed by atoms with Crippen LogP contribution in [0.5, 0.6) is 0 Å². The minimum absolute atomic E-state index is 0.127. The van der Waals surface area contributed by atoms with Crippen LogP contribution in [-0.2, 0) is 9.59 Å². The predicted molar refractivity (Wildman–Crippen MR) is 52.2 cm³/mol. The molecule has 0 aliphatic heterocycles. The number of primary amides is 1. The molecule has 0 unspecified atom stereocenters. The molecule has 0 atom stereocenters. The Labute approximate surface area is 83.2 Å². The second-order valence-corrected chi connectivity index (χ2v) is 3.87. The first-order valence-electron chi connectivity index (χ1n) is 4.90. The summed E-state index contributed by atoms with van der Waals surface area (Å²) in [4.78, 5) is 22.0. The normalized spacial score (nSPS) is 20.1. The molecule has 0 aromatic rings. The quantitative estimate of drug-likeness (QED) is 0.557. The number of carbonyl (C=O) groups is 2. The lowest BCUT2D eigenvalue weighted by atomic mass is 9.82. The van der Waals surface area contributed by atoms with Gasteiger partial charge in [-0.1, -0.05) is 19.3 Å². The number of amides is 2. The molecular formula is C9H17N3O2. The Kier molecular flexibility index (Phi) is 3.46. The van der Waals surface area contributed by atoms with Crippen LogP contribution in [0.1, 0.15) is 32.1 Å². The Bertz CT molecular complexity index is 234. The van der Waals surface area contributed by atoms with E-state index >= 15 is 0 Å². The van der Waals surface area contributed by atoms with E-state index in [1.165, 1.54) is 0 Å². The Morgan fingerprint density at radius 1 is 1.21 bits per heavy atom. The molecule has 1 aliphatic carbocycles. The van der Waals surface area contributed by atoms with E-state index in [1.54, 1.807) is 0 Å². The first-order chi connectivity index (χ1) is 6.54. The van der Waals surface area contributed by atoms with Crippen molar-refractivity contribution in [2.24, 2.45) is 11.5 Å². The van der Waals surface area contributed by atoms with Crippen LogP contribution in [0.2, 0.25) is 0 Å². The summed E-state index contributed by atoms with van der Waals surface area (Å²) in [6.45, 7) is -0.127. The molecule has 0 aromatic carbocycles. The van der Waals surface area contributed by atoms with Gasteiger partial charge in [-0.25, -0.2) is 0 Å². The molecule has 2 amide bonds. The number of nitrogens with one attached hydrogen (secondary N) is 1. The molecule has 0 bridgehead atoms. The monoisotopic (exact) mass is 199 g/mol. The Hall–Kier alpha value is -1.10. The SMILES string of the molecule is NC(=O)CNC(=O)C1(N)CCCCC1. The highest BCUT2D eigenvalue weighted by molar-refractivity contribution is 5.89. The summed E-state index contributed by atoms with van der Waals surface area (Å²) in [5, 5.41) is 2.45. The van der Waals surface area contributed by atoms with Crippen LogP contribution in [0, 0.1) is 0 Å². The lowest BCUT2D eigenvalue weighted by Crippen LogP contribution is -2.56. The van der Waals surface area contributed by atoms with Gasteiger partial charge >= 0.3 is 0 Å². The van der Waals surface area contributed by atoms with Gasteiger partial charge in [-0.15, -0.1) is 0 Å². The lowest BCUT2D eigenvalue weighted by Gasteiger charge is -2.31. The van der Waals surface area contributed by atoms with E-state index in [-0.39, 0.29) is 12.5 Å². The van der Waals surface area contributed by atoms with Crippen LogP contribution in [0.25, 0.3) is 0 Å². The predicted octanol–water partition coefficient (Wildman–Crippen LogP) is -0.751. The van der Waals surface area contributed by atoms with Crippen LogP contribution in [0.15, 0.2) is 0 Å². The van der Waals surface area contributed by atoms with E-state index in [4.69, 9.17) is 11.5 Å². The number of nitrogens with two attached hydrogens (primary N) is 2. The van der Waals surface area contributed by atoms with Gasteiger partial charge in [0.2, 0.25) is 11.8 Å². The van der Waals surface area contributed by atoms with Gasteiger partial charge < -0.3 is 16.8 Å². The number of hydrogen-bond acceptors (Lipinski definition) is 3. The van der Waals surface area contributed by atoms with Crippen LogP contribution in [0.3, 0.4) is 0 Å². The largest absolute Gasteiger partial charge is 0.368 e. The van der Waals surface area contributed by atoms with Crippen LogP contribution >= 0.6 is 0 Å². The van der Waals surface area contributed by atoms with Crippen molar-refractivity contribution in [1.29, 1.82) is 0 Å². The summed E-state index contributed by atoms with van der Waals surface area (Å²) in [5.41, 5.74) is 10.1. The smallest absolute Gasteiger partial charge is 0.240 e. The molecule has 5 N–H and O–H groups in total. The van der Waals surface area contributed by atoms with E-state index < -0.39 is 11.4 Å². The van der Waals surface area contributed by atoms with Crippen molar-refractivity contribution >= 4 is 11.8 Å². The highest BCUT2D eigenvalue weighted by Gasteiger charge is 2.34. The Balaban J connectivity index is 2.45. The molecule has 5 nitrogen and oxygen atoms in total. The number of rotatable bonds is 3. The zero-order chi connectivity index (χ0) is 10.6. The van der Waals surface area contributed by atoms with Gasteiger partial charge in [0.25, 0.3) is 0 Å². The van der Waals surface area contributed by atoms with E-state index in [0.29, 0.717) is 12.8 Å². The molecule has 1 aliphatic rings. The fourth-order valence-corrected chi connectivity index (χ4v) is 1.75. The molecule has 1 saturated carbocycles. The van der Waals surface area contributed by atoms with E-state index in [9.17, 15) is 9.59 Å². The zero-order valence-electron chi connectivity index (χ0n) is 8.21. The van der Waals surface area contributed by atoms with Gasteiger partial charge in [-0.3, -0.25) is 9.59 Å². The van der Waals surface area contributed by atoms with Crippen molar-refractivity contribution < 1.29 is 9.59 Å². The summed E-state index contributed by atoms with van der Waals surface area (Å²) in [5.74, 6) is -0.797. The van der Waals surface area contributed by atoms with Gasteiger partial charge in [0.15, 0.2) is 0 Å². The molecular weight excluding hydrogens is 182 g/mol. The van der Waals surface area contributed by atoms with Gasteiger partial charge in [0.05, 0.1) is 12.1 Å². The fraction of sp³-hybridized carbons (Fsp3) is 0.778. The highest BCUT2D eigenvalue weighted by Crippen LogP contribution is 2.25. The van der Waals surface area contributed by atoms with E-state index in [1.807, 2.05) is 0 Å². The lowest BCUT2D eigenvalue weighted by molar-refractivity contribution is -0.129. The molecule has 0 heterocycles. The van der Waals surface area contributed by atoms with Crippen molar-refractivity contribution in [3.05, 3.63) is 0 Å². The minimum atomic E-state index is -0.784. The highest BCUT2D eigenvalue weighted by atomic mass is 16.2. The minimum Gasteiger partial charge on any atom is -0.368 e. The molecule has 1 rings (SSSR count). The maximum atomic E-state index is 11.6. The standard InChI is InChI=1S/C9H17N3O2/c10-7(13)6-12-8(14)9(11)4-2-1-3-5-9/h1-6,11H2,(H2,10,13)(H,12,14). The molecule has 0 saturated heterocycles. The first-order valence-corrected chi connectivity index (χ1v) is 4.90. The molecule has 0 radical (unpaired) electrons. The van der Waals surface area contributed by atoms with Crippen molar-refractivity contribution in [1.82, 2.24) is 5.32 Å². The third kappa shape index (κ3) is 2.70. The van der Waals surface area contributed by atoms with Gasteiger partial charge in [0, 0.05) is 0 Å². The maximum Gasteiger partial charge on any atom is 0.240 e. The molecule has 0 aromatic heterocycles. The summed E-state index contributed by atoms with van der Waals surface area (Å²) < 4.78 is 0. The second kappa shape index (κ2) is 4.41. The van der Waals surface area contributed by atoms with E-state index in [0.717, 1.165) is 19.3 Å². The molecule has 5 heteroatoms. The average Bonchev–Trinajstić information content (AvgIpc) is 2.15. The van der Waals surface area contributed by atoms with Gasteiger partial charge in [0.1, 0.15) is 0 Å². The van der Waals surface area contributed by atoms with Crippen molar-refractivity contribution in [2.75, 3.05) is 6.54 Å². The third-order valence-electron chi connectivity index (χ3n) is 2.62. The van der Waals surface area contributed by atoms with Crippen LogP contribution < -0.4 is 16.8 Å². The maximum absolute atomic E-state index is 11.6. The number of hydrogen-bond donors (Lipinski definition) is 3. The second-order valence-electron chi connectivity index (χ2n) is 3.87. The Morgan fingerprint density at radius 3 is 2.29 bits per heavy atom. The zero-order valence-corrected chi connectivity index (χ0v) is 8.21. The molecule has 1 fully saturated rings. The fourth-order valence-electron chi connectivity index (χ4n) is 1.75. The topological polar surface area (TPSA) is 98.2 Å². The summed E-state index contributed by atoms with van der Waals surface area (Å²) in [6.07, 6.45) is 4.46. The van der Waals surface area contributed by atoms with Crippen molar-refractivity contribution in [3.63, 3.8) is 0 Å². The van der Waals surface area contributed by atoms with Gasteiger partial charge in [-0.2, -0.15) is 0 Å². The molecule has 80 valence electrons. The average molecular weight is 199 g/mol. The van der Waals surface area contributed by atoms with Crippen LogP contribution in [0.4, 0.5) is 0 Å². The van der Waals surface area contributed by atoms with Crippen molar-refractivity contribution in [3.8, 4) is 0 Å². The molecule has 0 spiro atoms. The van der Waals surface area contributed by atoms with Crippen molar-refractivity contribution in [2.45, 2.75) is 37.6 Å². The summed E-state index contributed by atoms with van der Waals surface area (Å²) in [6, 6.07) is 0. The number of carbonyl (C=O) groups excluding carboxylic acids is 2. The van der Waals surface area contributed by atoms with Gasteiger partial charge in [-0.05, 0) is 12.8 Å². The van der Waals surface area contributed by atoms with Crippen LogP contribution in [-0.4, -0.2) is 23.9 Å². The first kappa shape index (κ1) is 11.0. The summed E-state index contributed by atoms with van der Waals surface area (Å²) in [7, 11) is 0. The third-order valence-corrected chi connectivity index (χ3v) is 2.62.